The fourth-order valence-corrected chi connectivity index (χ4v) is 3.17. The van der Waals surface area contributed by atoms with Crippen LogP contribution in [0.25, 0.3) is 0 Å². The maximum absolute atomic E-state index is 13.3. The van der Waals surface area contributed by atoms with Crippen molar-refractivity contribution in [3.63, 3.8) is 0 Å². The summed E-state index contributed by atoms with van der Waals surface area (Å²) in [6.45, 7) is 0. The van der Waals surface area contributed by atoms with E-state index in [-0.39, 0.29) is 17.6 Å². The lowest BCUT2D eigenvalue weighted by atomic mass is 10.0. The molecule has 1 fully saturated rings. The standard InChI is InChI=1S/C21H17ClFN5O2/c22-13-1-7-16(8-2-13)28(19(30)21(10-11-21)18(24)29)17-9-12-25-20(27-17)26-15-5-3-14(23)4-6-15/h1-9,12H,10-11H2,(H2,24,29)(H,25,26,27). The zero-order valence-corrected chi connectivity index (χ0v) is 16.4. The third-order valence-corrected chi connectivity index (χ3v) is 5.14. The molecule has 30 heavy (non-hydrogen) atoms. The smallest absolute Gasteiger partial charge is 0.248 e. The maximum atomic E-state index is 13.3. The summed E-state index contributed by atoms with van der Waals surface area (Å²) in [6.07, 6.45) is 2.25. The summed E-state index contributed by atoms with van der Waals surface area (Å²) in [4.78, 5) is 35.2. The second-order valence-corrected chi connectivity index (χ2v) is 7.37. The summed E-state index contributed by atoms with van der Waals surface area (Å²) in [6, 6.07) is 13.8. The molecule has 3 N–H and O–H groups in total. The highest BCUT2D eigenvalue weighted by atomic mass is 35.5. The first kappa shape index (κ1) is 19.8. The van der Waals surface area contributed by atoms with Gasteiger partial charge in [-0.1, -0.05) is 11.6 Å². The van der Waals surface area contributed by atoms with Crippen molar-refractivity contribution in [3.05, 3.63) is 71.6 Å². The minimum absolute atomic E-state index is 0.204. The lowest BCUT2D eigenvalue weighted by molar-refractivity contribution is -0.133. The average Bonchev–Trinajstić information content (AvgIpc) is 3.54. The van der Waals surface area contributed by atoms with Crippen LogP contribution in [0.2, 0.25) is 5.02 Å². The van der Waals surface area contributed by atoms with Gasteiger partial charge in [-0.3, -0.25) is 14.5 Å². The fraction of sp³-hybridized carbons (Fsp3) is 0.143. The van der Waals surface area contributed by atoms with E-state index in [1.54, 1.807) is 42.5 Å². The van der Waals surface area contributed by atoms with Gasteiger partial charge in [-0.2, -0.15) is 4.98 Å². The van der Waals surface area contributed by atoms with Crippen molar-refractivity contribution in [2.45, 2.75) is 12.8 Å². The molecule has 0 spiro atoms. The molecule has 2 amide bonds. The van der Waals surface area contributed by atoms with Crippen LogP contribution < -0.4 is 16.0 Å². The molecular formula is C21H17ClFN5O2. The van der Waals surface area contributed by atoms with E-state index in [9.17, 15) is 14.0 Å². The third kappa shape index (κ3) is 3.81. The quantitative estimate of drug-likeness (QED) is 0.582. The van der Waals surface area contributed by atoms with Crippen LogP contribution >= 0.6 is 11.6 Å². The molecule has 0 radical (unpaired) electrons. The second kappa shape index (κ2) is 7.72. The summed E-state index contributed by atoms with van der Waals surface area (Å²) in [5.41, 5.74) is 5.34. The molecule has 0 saturated heterocycles. The highest BCUT2D eigenvalue weighted by Gasteiger charge is 2.57. The first-order chi connectivity index (χ1) is 14.4. The lowest BCUT2D eigenvalue weighted by Gasteiger charge is -2.25. The van der Waals surface area contributed by atoms with Crippen LogP contribution in [0.1, 0.15) is 12.8 Å². The van der Waals surface area contributed by atoms with Gasteiger partial charge < -0.3 is 11.1 Å². The number of hydrogen-bond acceptors (Lipinski definition) is 5. The van der Waals surface area contributed by atoms with Gasteiger partial charge in [0, 0.05) is 23.0 Å². The van der Waals surface area contributed by atoms with Crippen LogP contribution in [0.5, 0.6) is 0 Å². The number of anilines is 4. The Balaban J connectivity index is 1.72. The summed E-state index contributed by atoms with van der Waals surface area (Å²) < 4.78 is 13.1. The van der Waals surface area contributed by atoms with E-state index in [2.05, 4.69) is 15.3 Å². The van der Waals surface area contributed by atoms with E-state index < -0.39 is 17.2 Å². The van der Waals surface area contributed by atoms with E-state index in [0.717, 1.165) is 0 Å². The van der Waals surface area contributed by atoms with E-state index in [0.29, 0.717) is 29.2 Å². The number of carbonyl (C=O) groups is 2. The Bertz CT molecular complexity index is 1100. The Labute approximate surface area is 176 Å². The SMILES string of the molecule is NC(=O)C1(C(=O)N(c2ccc(Cl)cc2)c2ccnc(Nc3ccc(F)cc3)n2)CC1. The number of primary amides is 1. The number of nitrogens with one attached hydrogen (secondary N) is 1. The first-order valence-corrected chi connectivity index (χ1v) is 9.52. The maximum Gasteiger partial charge on any atom is 0.248 e. The van der Waals surface area contributed by atoms with Crippen LogP contribution in [0.4, 0.5) is 27.5 Å². The molecule has 0 aliphatic heterocycles. The molecule has 1 heterocycles. The molecule has 1 aromatic heterocycles. The molecular weight excluding hydrogens is 409 g/mol. The molecule has 0 unspecified atom stereocenters. The monoisotopic (exact) mass is 425 g/mol. The second-order valence-electron chi connectivity index (χ2n) is 6.93. The van der Waals surface area contributed by atoms with Crippen molar-refractivity contribution in [1.29, 1.82) is 0 Å². The summed E-state index contributed by atoms with van der Waals surface area (Å²) in [5, 5.41) is 3.47. The van der Waals surface area contributed by atoms with Crippen molar-refractivity contribution in [1.82, 2.24) is 9.97 Å². The first-order valence-electron chi connectivity index (χ1n) is 9.15. The number of carbonyl (C=O) groups excluding carboxylic acids is 2. The highest BCUT2D eigenvalue weighted by Crippen LogP contribution is 2.48. The molecule has 7 nitrogen and oxygen atoms in total. The molecule has 0 atom stereocenters. The Morgan fingerprint density at radius 2 is 1.73 bits per heavy atom. The minimum atomic E-state index is -1.24. The van der Waals surface area contributed by atoms with Gasteiger partial charge in [0.2, 0.25) is 17.8 Å². The number of aromatic nitrogens is 2. The average molecular weight is 426 g/mol. The van der Waals surface area contributed by atoms with E-state index in [1.165, 1.54) is 23.2 Å². The molecule has 152 valence electrons. The van der Waals surface area contributed by atoms with Gasteiger partial charge in [0.15, 0.2) is 0 Å². The number of benzene rings is 2. The summed E-state index contributed by atoms with van der Waals surface area (Å²) in [7, 11) is 0. The zero-order chi connectivity index (χ0) is 21.3. The fourth-order valence-electron chi connectivity index (χ4n) is 3.04. The van der Waals surface area contributed by atoms with Gasteiger partial charge in [-0.25, -0.2) is 9.37 Å². The normalized spacial score (nSPS) is 14.1. The van der Waals surface area contributed by atoms with Gasteiger partial charge in [-0.15, -0.1) is 0 Å². The lowest BCUT2D eigenvalue weighted by Crippen LogP contribution is -2.41. The molecule has 4 rings (SSSR count). The number of halogens is 2. The molecule has 3 aromatic rings. The van der Waals surface area contributed by atoms with Crippen molar-refractivity contribution >= 4 is 46.6 Å². The topological polar surface area (TPSA) is 101 Å². The number of rotatable bonds is 6. The molecule has 2 aromatic carbocycles. The van der Waals surface area contributed by atoms with Crippen LogP contribution in [0, 0.1) is 11.2 Å². The van der Waals surface area contributed by atoms with Gasteiger partial charge in [-0.05, 0) is 61.4 Å². The minimum Gasteiger partial charge on any atom is -0.369 e. The Morgan fingerprint density at radius 1 is 1.07 bits per heavy atom. The van der Waals surface area contributed by atoms with Crippen molar-refractivity contribution in [3.8, 4) is 0 Å². The Morgan fingerprint density at radius 3 is 2.33 bits per heavy atom. The van der Waals surface area contributed by atoms with Gasteiger partial charge in [0.25, 0.3) is 0 Å². The van der Waals surface area contributed by atoms with Crippen molar-refractivity contribution in [2.75, 3.05) is 10.2 Å². The largest absolute Gasteiger partial charge is 0.369 e. The van der Waals surface area contributed by atoms with Crippen LogP contribution in [0.3, 0.4) is 0 Å². The predicted octanol–water partition coefficient (Wildman–Crippen LogP) is 3.94. The van der Waals surface area contributed by atoms with Crippen molar-refractivity contribution in [2.24, 2.45) is 11.1 Å². The van der Waals surface area contributed by atoms with E-state index in [4.69, 9.17) is 17.3 Å². The highest BCUT2D eigenvalue weighted by molar-refractivity contribution is 6.30. The Hall–Kier alpha value is -3.52. The number of hydrogen-bond donors (Lipinski definition) is 2. The third-order valence-electron chi connectivity index (χ3n) is 4.89. The van der Waals surface area contributed by atoms with Crippen LogP contribution in [-0.4, -0.2) is 21.8 Å². The van der Waals surface area contributed by atoms with E-state index in [1.807, 2.05) is 0 Å². The summed E-state index contributed by atoms with van der Waals surface area (Å²) in [5.74, 6) is -1.02. The van der Waals surface area contributed by atoms with E-state index >= 15 is 0 Å². The van der Waals surface area contributed by atoms with Gasteiger partial charge >= 0.3 is 0 Å². The molecule has 9 heteroatoms. The molecule has 1 saturated carbocycles. The van der Waals surface area contributed by atoms with Crippen molar-refractivity contribution < 1.29 is 14.0 Å². The molecule has 0 bridgehead atoms. The molecule has 1 aliphatic rings. The van der Waals surface area contributed by atoms with Gasteiger partial charge in [0.1, 0.15) is 17.1 Å². The van der Waals surface area contributed by atoms with Crippen LogP contribution in [-0.2, 0) is 9.59 Å². The summed E-state index contributed by atoms with van der Waals surface area (Å²) >= 11 is 5.98. The number of amides is 2. The number of nitrogens with zero attached hydrogens (tertiary/aromatic N) is 3. The van der Waals surface area contributed by atoms with Crippen LogP contribution in [0.15, 0.2) is 60.8 Å². The number of nitrogens with two attached hydrogens (primary N) is 1. The van der Waals surface area contributed by atoms with Gasteiger partial charge in [0.05, 0.1) is 5.69 Å². The molecule has 1 aliphatic carbocycles. The zero-order valence-electron chi connectivity index (χ0n) is 15.7. The Kier molecular flexibility index (Phi) is 5.09. The predicted molar refractivity (Wildman–Crippen MR) is 111 cm³/mol.